The maximum atomic E-state index is 12.8. The van der Waals surface area contributed by atoms with Gasteiger partial charge < -0.3 is 15.5 Å². The Hall–Kier alpha value is -2.15. The minimum absolute atomic E-state index is 0.224. The van der Waals surface area contributed by atoms with E-state index >= 15 is 0 Å². The molecule has 0 unspecified atom stereocenters. The fourth-order valence-corrected chi connectivity index (χ4v) is 4.67. The number of rotatable bonds is 7. The van der Waals surface area contributed by atoms with Crippen molar-refractivity contribution in [2.24, 2.45) is 10.4 Å². The van der Waals surface area contributed by atoms with E-state index in [-0.39, 0.29) is 11.3 Å². The molecule has 2 fully saturated rings. The van der Waals surface area contributed by atoms with Crippen molar-refractivity contribution in [3.8, 4) is 0 Å². The first-order valence-corrected chi connectivity index (χ1v) is 11.4. The number of piperidine rings is 1. The van der Waals surface area contributed by atoms with Crippen molar-refractivity contribution in [1.82, 2.24) is 25.4 Å². The first-order chi connectivity index (χ1) is 14.5. The zero-order chi connectivity index (χ0) is 21.4. The van der Waals surface area contributed by atoms with Gasteiger partial charge in [0.15, 0.2) is 5.96 Å². The number of nitrogens with zero attached hydrogens (tertiary/aromatic N) is 4. The number of aromatic nitrogens is 1. The van der Waals surface area contributed by atoms with Crippen LogP contribution in [0.15, 0.2) is 29.4 Å². The van der Waals surface area contributed by atoms with Crippen LogP contribution >= 0.6 is 0 Å². The summed E-state index contributed by atoms with van der Waals surface area (Å²) in [6, 6.07) is 6.51. The molecule has 7 nitrogen and oxygen atoms in total. The van der Waals surface area contributed by atoms with Gasteiger partial charge in [0.1, 0.15) is 0 Å². The van der Waals surface area contributed by atoms with E-state index < -0.39 is 0 Å². The number of pyridine rings is 1. The average Bonchev–Trinajstić information content (AvgIpc) is 3.24. The molecular weight excluding hydrogens is 376 g/mol. The Kier molecular flexibility index (Phi) is 8.08. The van der Waals surface area contributed by atoms with Gasteiger partial charge in [-0.2, -0.15) is 0 Å². The van der Waals surface area contributed by atoms with E-state index in [0.29, 0.717) is 12.6 Å². The second kappa shape index (κ2) is 10.8. The van der Waals surface area contributed by atoms with Crippen LogP contribution in [0, 0.1) is 5.41 Å². The third kappa shape index (κ3) is 5.94. The summed E-state index contributed by atoms with van der Waals surface area (Å²) in [7, 11) is 3.71. The van der Waals surface area contributed by atoms with Crippen molar-refractivity contribution in [2.45, 2.75) is 58.0 Å². The summed E-state index contributed by atoms with van der Waals surface area (Å²) in [6.07, 6.45) is 8.15. The molecule has 1 aromatic rings. The van der Waals surface area contributed by atoms with Crippen molar-refractivity contribution in [1.29, 1.82) is 0 Å². The molecular formula is C23H38N6O. The second-order valence-corrected chi connectivity index (χ2v) is 8.90. The van der Waals surface area contributed by atoms with Crippen LogP contribution in [0.3, 0.4) is 0 Å². The molecule has 1 aliphatic carbocycles. The predicted molar refractivity (Wildman–Crippen MR) is 121 cm³/mol. The summed E-state index contributed by atoms with van der Waals surface area (Å²) in [4.78, 5) is 26.3. The lowest BCUT2D eigenvalue weighted by Crippen LogP contribution is -2.49. The third-order valence-corrected chi connectivity index (χ3v) is 6.34. The zero-order valence-electron chi connectivity index (χ0n) is 18.9. The van der Waals surface area contributed by atoms with Crippen molar-refractivity contribution >= 4 is 11.9 Å². The normalized spacial score (nSPS) is 20.2. The molecule has 2 aliphatic rings. The molecule has 0 atom stereocenters. The number of hydrogen-bond donors (Lipinski definition) is 2. The van der Waals surface area contributed by atoms with Gasteiger partial charge in [-0.05, 0) is 44.7 Å². The molecule has 2 N–H and O–H groups in total. The van der Waals surface area contributed by atoms with Gasteiger partial charge in [0.05, 0.1) is 17.7 Å². The minimum Gasteiger partial charge on any atom is -0.357 e. The molecule has 0 spiro atoms. The first-order valence-electron chi connectivity index (χ1n) is 11.4. The van der Waals surface area contributed by atoms with Crippen LogP contribution in [-0.4, -0.2) is 73.0 Å². The van der Waals surface area contributed by atoms with Gasteiger partial charge in [0.2, 0.25) is 5.91 Å². The number of carbonyl (C=O) groups excluding carboxylic acids is 1. The predicted octanol–water partition coefficient (Wildman–Crippen LogP) is 2.25. The molecule has 1 aliphatic heterocycles. The van der Waals surface area contributed by atoms with Crippen LogP contribution < -0.4 is 10.6 Å². The first kappa shape index (κ1) is 22.5. The number of carbonyl (C=O) groups is 1. The van der Waals surface area contributed by atoms with E-state index in [0.717, 1.165) is 76.4 Å². The van der Waals surface area contributed by atoms with Gasteiger partial charge >= 0.3 is 0 Å². The zero-order valence-corrected chi connectivity index (χ0v) is 18.9. The van der Waals surface area contributed by atoms with E-state index in [2.05, 4.69) is 33.5 Å². The SMILES string of the molecule is CCNC(=NCC1(C(=O)N(C)C)CCCC1)NC1CCN(Cc2ccccn2)CC1. The Labute approximate surface area is 181 Å². The smallest absolute Gasteiger partial charge is 0.230 e. The van der Waals surface area contributed by atoms with Crippen LogP contribution in [-0.2, 0) is 11.3 Å². The maximum absolute atomic E-state index is 12.8. The highest BCUT2D eigenvalue weighted by atomic mass is 16.2. The van der Waals surface area contributed by atoms with Gasteiger partial charge in [-0.15, -0.1) is 0 Å². The summed E-state index contributed by atoms with van der Waals surface area (Å²) in [5.41, 5.74) is 0.809. The Balaban J connectivity index is 1.54. The second-order valence-electron chi connectivity index (χ2n) is 8.90. The number of amides is 1. The van der Waals surface area contributed by atoms with E-state index in [1.54, 1.807) is 4.90 Å². The van der Waals surface area contributed by atoms with Gasteiger partial charge in [0, 0.05) is 52.5 Å². The molecule has 0 radical (unpaired) electrons. The molecule has 0 bridgehead atoms. The van der Waals surface area contributed by atoms with E-state index in [1.165, 1.54) is 0 Å². The van der Waals surface area contributed by atoms with Gasteiger partial charge in [-0.25, -0.2) is 0 Å². The van der Waals surface area contributed by atoms with E-state index in [4.69, 9.17) is 4.99 Å². The largest absolute Gasteiger partial charge is 0.357 e. The molecule has 1 aromatic heterocycles. The number of likely N-dealkylation sites (tertiary alicyclic amines) is 1. The molecule has 1 saturated carbocycles. The number of hydrogen-bond acceptors (Lipinski definition) is 4. The average molecular weight is 415 g/mol. The Morgan fingerprint density at radius 3 is 2.60 bits per heavy atom. The Bertz CT molecular complexity index is 691. The molecule has 0 aromatic carbocycles. The lowest BCUT2D eigenvalue weighted by Gasteiger charge is -2.33. The Morgan fingerprint density at radius 2 is 2.00 bits per heavy atom. The number of guanidine groups is 1. The summed E-state index contributed by atoms with van der Waals surface area (Å²) in [5, 5.41) is 7.00. The van der Waals surface area contributed by atoms with Crippen LogP contribution in [0.5, 0.6) is 0 Å². The van der Waals surface area contributed by atoms with Crippen LogP contribution in [0.2, 0.25) is 0 Å². The minimum atomic E-state index is -0.322. The lowest BCUT2D eigenvalue weighted by atomic mass is 9.85. The fraction of sp³-hybridized carbons (Fsp3) is 0.696. The summed E-state index contributed by atoms with van der Waals surface area (Å²) in [5.74, 6) is 1.07. The summed E-state index contributed by atoms with van der Waals surface area (Å²) >= 11 is 0. The van der Waals surface area contributed by atoms with Gasteiger partial charge in [-0.1, -0.05) is 18.9 Å². The number of aliphatic imine (C=N–C) groups is 1. The van der Waals surface area contributed by atoms with E-state index in [1.807, 2.05) is 32.4 Å². The standard InChI is InChI=1S/C23H38N6O/c1-4-24-22(26-18-23(12-6-7-13-23)21(30)28(2)3)27-19-10-15-29(16-11-19)17-20-9-5-8-14-25-20/h5,8-9,14,19H,4,6-7,10-13,15-18H2,1-3H3,(H2,24,26,27). The summed E-state index contributed by atoms with van der Waals surface area (Å²) < 4.78 is 0. The number of nitrogens with one attached hydrogen (secondary N) is 2. The molecule has 3 rings (SSSR count). The lowest BCUT2D eigenvalue weighted by molar-refractivity contribution is -0.138. The van der Waals surface area contributed by atoms with Crippen molar-refractivity contribution in [3.05, 3.63) is 30.1 Å². The molecule has 30 heavy (non-hydrogen) atoms. The third-order valence-electron chi connectivity index (χ3n) is 6.34. The van der Waals surface area contributed by atoms with Crippen molar-refractivity contribution in [3.63, 3.8) is 0 Å². The quantitative estimate of drug-likeness (QED) is 0.529. The fourth-order valence-electron chi connectivity index (χ4n) is 4.67. The van der Waals surface area contributed by atoms with E-state index in [9.17, 15) is 4.79 Å². The topological polar surface area (TPSA) is 72.9 Å². The van der Waals surface area contributed by atoms with Crippen LogP contribution in [0.1, 0.15) is 51.1 Å². The van der Waals surface area contributed by atoms with Gasteiger partial charge in [0.25, 0.3) is 0 Å². The maximum Gasteiger partial charge on any atom is 0.230 e. The molecule has 1 amide bonds. The highest BCUT2D eigenvalue weighted by Gasteiger charge is 2.42. The highest BCUT2D eigenvalue weighted by molar-refractivity contribution is 5.84. The van der Waals surface area contributed by atoms with Crippen LogP contribution in [0.25, 0.3) is 0 Å². The molecule has 1 saturated heterocycles. The monoisotopic (exact) mass is 414 g/mol. The summed E-state index contributed by atoms with van der Waals surface area (Å²) in [6.45, 7) is 6.49. The highest BCUT2D eigenvalue weighted by Crippen LogP contribution is 2.39. The molecule has 2 heterocycles. The molecule has 166 valence electrons. The molecule has 7 heteroatoms. The van der Waals surface area contributed by atoms with Crippen molar-refractivity contribution < 1.29 is 4.79 Å². The van der Waals surface area contributed by atoms with Crippen LogP contribution in [0.4, 0.5) is 0 Å². The van der Waals surface area contributed by atoms with Crippen molar-refractivity contribution in [2.75, 3.05) is 40.3 Å². The van der Waals surface area contributed by atoms with Gasteiger partial charge in [-0.3, -0.25) is 19.7 Å². The Morgan fingerprint density at radius 1 is 1.27 bits per heavy atom.